The standard InChI is InChI=1S/C51H32N2O/c1-2-15-36(16-3-1)50-52-46(32-47(53-50)41-22-12-17-33-14-4-5-18-37(33)41)35-30-28-34(29-31-35)38-21-13-26-45-49(38)54-48-27-11-10-25-44(48)51(45)42-23-8-6-19-39(42)40-20-7-9-24-43(40)51/h1-32H. The fraction of sp³-hybridized carbons (Fsp3) is 0.0196. The second-order valence-corrected chi connectivity index (χ2v) is 14.1. The lowest BCUT2D eigenvalue weighted by Crippen LogP contribution is -2.32. The molecule has 1 aliphatic carbocycles. The van der Waals surface area contributed by atoms with Gasteiger partial charge in [-0.3, -0.25) is 0 Å². The van der Waals surface area contributed by atoms with Gasteiger partial charge in [-0.05, 0) is 50.7 Å². The summed E-state index contributed by atoms with van der Waals surface area (Å²) in [6.07, 6.45) is 0. The van der Waals surface area contributed by atoms with E-state index in [4.69, 9.17) is 14.7 Å². The number of fused-ring (bicyclic) bond motifs is 10. The molecule has 0 atom stereocenters. The molecule has 1 spiro atoms. The van der Waals surface area contributed by atoms with Crippen LogP contribution in [0.1, 0.15) is 22.3 Å². The van der Waals surface area contributed by atoms with E-state index in [0.29, 0.717) is 5.82 Å². The number of aromatic nitrogens is 2. The molecule has 2 aliphatic rings. The van der Waals surface area contributed by atoms with Crippen molar-refractivity contribution in [3.8, 4) is 67.7 Å². The van der Waals surface area contributed by atoms with E-state index in [1.165, 1.54) is 38.6 Å². The van der Waals surface area contributed by atoms with Crippen LogP contribution >= 0.6 is 0 Å². The highest BCUT2D eigenvalue weighted by molar-refractivity contribution is 5.96. The molecule has 0 saturated carbocycles. The van der Waals surface area contributed by atoms with Crippen molar-refractivity contribution in [2.24, 2.45) is 0 Å². The second kappa shape index (κ2) is 12.0. The number of benzene rings is 8. The summed E-state index contributed by atoms with van der Waals surface area (Å²) in [7, 11) is 0. The van der Waals surface area contributed by atoms with E-state index in [1.807, 2.05) is 18.2 Å². The maximum atomic E-state index is 6.94. The van der Waals surface area contributed by atoms with Crippen LogP contribution in [0.25, 0.3) is 66.9 Å². The molecule has 9 aromatic rings. The number of ether oxygens (including phenoxy) is 1. The van der Waals surface area contributed by atoms with Gasteiger partial charge in [-0.15, -0.1) is 0 Å². The fourth-order valence-electron chi connectivity index (χ4n) is 8.82. The summed E-state index contributed by atoms with van der Waals surface area (Å²) in [5, 5.41) is 2.35. The van der Waals surface area contributed by atoms with E-state index >= 15 is 0 Å². The Morgan fingerprint density at radius 3 is 1.72 bits per heavy atom. The molecule has 1 aliphatic heterocycles. The van der Waals surface area contributed by atoms with Crippen LogP contribution in [0.4, 0.5) is 0 Å². The monoisotopic (exact) mass is 688 g/mol. The van der Waals surface area contributed by atoms with Crippen LogP contribution < -0.4 is 4.74 Å². The van der Waals surface area contributed by atoms with E-state index in [-0.39, 0.29) is 0 Å². The first-order chi connectivity index (χ1) is 26.8. The third kappa shape index (κ3) is 4.49. The number of hydrogen-bond acceptors (Lipinski definition) is 3. The van der Waals surface area contributed by atoms with Gasteiger partial charge in [0.2, 0.25) is 0 Å². The van der Waals surface area contributed by atoms with Crippen molar-refractivity contribution in [3.63, 3.8) is 0 Å². The summed E-state index contributed by atoms with van der Waals surface area (Å²) in [6, 6.07) is 68.8. The SMILES string of the molecule is c1ccc(-c2nc(-c3ccc(-c4cccc5c4Oc4ccccc4C54c5ccccc5-c5ccccc54)cc3)cc(-c3cccc4ccccc34)n2)cc1. The van der Waals surface area contributed by atoms with Crippen molar-refractivity contribution >= 4 is 10.8 Å². The predicted molar refractivity (Wildman–Crippen MR) is 219 cm³/mol. The summed E-state index contributed by atoms with van der Waals surface area (Å²) in [5.74, 6) is 2.48. The quantitative estimate of drug-likeness (QED) is 0.185. The Hall–Kier alpha value is -7.10. The lowest BCUT2D eigenvalue weighted by atomic mass is 9.65. The second-order valence-electron chi connectivity index (χ2n) is 14.1. The fourth-order valence-corrected chi connectivity index (χ4v) is 8.82. The van der Waals surface area contributed by atoms with Gasteiger partial charge in [0.25, 0.3) is 0 Å². The molecule has 2 heterocycles. The number of rotatable bonds is 4. The lowest BCUT2D eigenvalue weighted by Gasteiger charge is -2.40. The molecule has 0 unspecified atom stereocenters. The summed E-state index contributed by atoms with van der Waals surface area (Å²) in [6.45, 7) is 0. The Kier molecular flexibility index (Phi) is 6.77. The van der Waals surface area contributed by atoms with Gasteiger partial charge in [0, 0.05) is 33.4 Å². The number of hydrogen-bond donors (Lipinski definition) is 0. The van der Waals surface area contributed by atoms with Crippen molar-refractivity contribution in [1.82, 2.24) is 9.97 Å². The van der Waals surface area contributed by atoms with Crippen molar-refractivity contribution in [1.29, 1.82) is 0 Å². The minimum absolute atomic E-state index is 0.500. The Morgan fingerprint density at radius 1 is 0.370 bits per heavy atom. The van der Waals surface area contributed by atoms with E-state index in [0.717, 1.165) is 56.3 Å². The lowest BCUT2D eigenvalue weighted by molar-refractivity contribution is 0.438. The van der Waals surface area contributed by atoms with Gasteiger partial charge in [0.05, 0.1) is 16.8 Å². The smallest absolute Gasteiger partial charge is 0.160 e. The molecule has 0 amide bonds. The van der Waals surface area contributed by atoms with Crippen LogP contribution in [0.15, 0.2) is 194 Å². The van der Waals surface area contributed by atoms with Crippen LogP contribution in [0.5, 0.6) is 11.5 Å². The summed E-state index contributed by atoms with van der Waals surface area (Å²) in [4.78, 5) is 10.3. The van der Waals surface area contributed by atoms with Gasteiger partial charge in [-0.1, -0.05) is 182 Å². The maximum Gasteiger partial charge on any atom is 0.160 e. The zero-order chi connectivity index (χ0) is 35.6. The van der Waals surface area contributed by atoms with E-state index in [2.05, 4.69) is 176 Å². The first kappa shape index (κ1) is 30.5. The predicted octanol–water partition coefficient (Wildman–Crippen LogP) is 12.8. The molecule has 0 bridgehead atoms. The molecule has 0 fully saturated rings. The van der Waals surface area contributed by atoms with E-state index in [9.17, 15) is 0 Å². The van der Waals surface area contributed by atoms with Crippen molar-refractivity contribution in [3.05, 3.63) is 216 Å². The zero-order valence-corrected chi connectivity index (χ0v) is 29.3. The van der Waals surface area contributed by atoms with Crippen LogP contribution in [0.3, 0.4) is 0 Å². The molecule has 54 heavy (non-hydrogen) atoms. The largest absolute Gasteiger partial charge is 0.456 e. The van der Waals surface area contributed by atoms with Crippen LogP contribution in [-0.2, 0) is 5.41 Å². The van der Waals surface area contributed by atoms with Gasteiger partial charge < -0.3 is 4.74 Å². The Balaban J connectivity index is 1.07. The topological polar surface area (TPSA) is 35.0 Å². The van der Waals surface area contributed by atoms with E-state index < -0.39 is 5.41 Å². The Labute approximate surface area is 313 Å². The average Bonchev–Trinajstić information content (AvgIpc) is 3.54. The van der Waals surface area contributed by atoms with E-state index in [1.54, 1.807) is 0 Å². The van der Waals surface area contributed by atoms with Gasteiger partial charge in [0.15, 0.2) is 5.82 Å². The molecule has 11 rings (SSSR count). The van der Waals surface area contributed by atoms with Crippen LogP contribution in [-0.4, -0.2) is 9.97 Å². The number of para-hydroxylation sites is 2. The highest BCUT2D eigenvalue weighted by Crippen LogP contribution is 2.63. The summed E-state index contributed by atoms with van der Waals surface area (Å²) in [5.41, 5.74) is 13.9. The molecular weight excluding hydrogens is 657 g/mol. The summed E-state index contributed by atoms with van der Waals surface area (Å²) >= 11 is 0. The molecule has 1 aromatic heterocycles. The highest BCUT2D eigenvalue weighted by Gasteiger charge is 2.51. The molecule has 3 heteroatoms. The third-order valence-electron chi connectivity index (χ3n) is 11.2. The molecule has 252 valence electrons. The minimum Gasteiger partial charge on any atom is -0.456 e. The van der Waals surface area contributed by atoms with Crippen molar-refractivity contribution < 1.29 is 4.74 Å². The minimum atomic E-state index is -0.500. The van der Waals surface area contributed by atoms with Crippen LogP contribution in [0, 0.1) is 0 Å². The third-order valence-corrected chi connectivity index (χ3v) is 11.2. The van der Waals surface area contributed by atoms with Crippen molar-refractivity contribution in [2.75, 3.05) is 0 Å². The van der Waals surface area contributed by atoms with Crippen LogP contribution in [0.2, 0.25) is 0 Å². The van der Waals surface area contributed by atoms with Gasteiger partial charge in [0.1, 0.15) is 11.5 Å². The zero-order valence-electron chi connectivity index (χ0n) is 29.3. The van der Waals surface area contributed by atoms with Gasteiger partial charge in [-0.2, -0.15) is 0 Å². The molecule has 8 aromatic carbocycles. The first-order valence-electron chi connectivity index (χ1n) is 18.4. The molecule has 3 nitrogen and oxygen atoms in total. The maximum absolute atomic E-state index is 6.94. The highest BCUT2D eigenvalue weighted by atomic mass is 16.5. The first-order valence-corrected chi connectivity index (χ1v) is 18.4. The Morgan fingerprint density at radius 2 is 0.926 bits per heavy atom. The average molecular weight is 689 g/mol. The van der Waals surface area contributed by atoms with Crippen molar-refractivity contribution in [2.45, 2.75) is 5.41 Å². The molecule has 0 radical (unpaired) electrons. The van der Waals surface area contributed by atoms with Gasteiger partial charge in [-0.25, -0.2) is 9.97 Å². The number of nitrogens with zero attached hydrogens (tertiary/aromatic N) is 2. The molecule has 0 saturated heterocycles. The van der Waals surface area contributed by atoms with Gasteiger partial charge >= 0.3 is 0 Å². The molecule has 0 N–H and O–H groups in total. The Bertz CT molecular complexity index is 2860. The molecular formula is C51H32N2O. The summed E-state index contributed by atoms with van der Waals surface area (Å²) < 4.78 is 6.94. The normalized spacial score (nSPS) is 13.1.